The molecule has 0 fully saturated rings. The van der Waals surface area contributed by atoms with Gasteiger partial charge in [0.2, 0.25) is 0 Å². The standard InChI is InChI=1S/C16H34S6/c1-14(2)20-11-8-19-9-12-21-15(3)16(4,5)22-13-10-18-7-6-17/h14-15,17H,6-13H2,1-5H3. The van der Waals surface area contributed by atoms with Crippen LogP contribution in [0.15, 0.2) is 0 Å². The summed E-state index contributed by atoms with van der Waals surface area (Å²) >= 11 is 14.8. The molecule has 0 radical (unpaired) electrons. The van der Waals surface area contributed by atoms with Gasteiger partial charge in [0.1, 0.15) is 0 Å². The number of hydrogen-bond acceptors (Lipinski definition) is 6. The summed E-state index contributed by atoms with van der Waals surface area (Å²) < 4.78 is 0.379. The van der Waals surface area contributed by atoms with E-state index in [2.05, 4.69) is 94.3 Å². The number of hydrogen-bond donors (Lipinski definition) is 1. The lowest BCUT2D eigenvalue weighted by Crippen LogP contribution is -2.29. The molecule has 1 unspecified atom stereocenters. The van der Waals surface area contributed by atoms with E-state index in [0.29, 0.717) is 4.75 Å². The molecule has 0 aliphatic carbocycles. The second-order valence-electron chi connectivity index (χ2n) is 5.83. The van der Waals surface area contributed by atoms with Gasteiger partial charge in [-0.25, -0.2) is 0 Å². The summed E-state index contributed by atoms with van der Waals surface area (Å²) in [6.45, 7) is 11.8. The van der Waals surface area contributed by atoms with Gasteiger partial charge in [-0.3, -0.25) is 0 Å². The third-order valence-electron chi connectivity index (χ3n) is 3.19. The van der Waals surface area contributed by atoms with Crippen molar-refractivity contribution in [2.75, 3.05) is 46.0 Å². The van der Waals surface area contributed by atoms with Crippen LogP contribution in [0.3, 0.4) is 0 Å². The fraction of sp³-hybridized carbons (Fsp3) is 1.00. The minimum absolute atomic E-state index is 0.379. The van der Waals surface area contributed by atoms with Gasteiger partial charge >= 0.3 is 0 Å². The van der Waals surface area contributed by atoms with Gasteiger partial charge < -0.3 is 0 Å². The Labute approximate surface area is 166 Å². The Bertz CT molecular complexity index is 245. The van der Waals surface area contributed by atoms with Crippen molar-refractivity contribution >= 4 is 71.4 Å². The summed E-state index contributed by atoms with van der Waals surface area (Å²) in [6.07, 6.45) is 0. The van der Waals surface area contributed by atoms with Crippen LogP contribution in [0.25, 0.3) is 0 Å². The van der Waals surface area contributed by atoms with Crippen molar-refractivity contribution in [1.82, 2.24) is 0 Å². The Morgan fingerprint density at radius 2 is 1.32 bits per heavy atom. The predicted molar refractivity (Wildman–Crippen MR) is 125 cm³/mol. The van der Waals surface area contributed by atoms with E-state index in [9.17, 15) is 0 Å². The Kier molecular flexibility index (Phi) is 16.8. The highest BCUT2D eigenvalue weighted by atomic mass is 32.2. The maximum Gasteiger partial charge on any atom is 0.0219 e. The smallest absolute Gasteiger partial charge is 0.0219 e. The van der Waals surface area contributed by atoms with Crippen LogP contribution < -0.4 is 0 Å². The van der Waals surface area contributed by atoms with E-state index in [0.717, 1.165) is 16.3 Å². The lowest BCUT2D eigenvalue weighted by molar-refractivity contribution is 0.702. The van der Waals surface area contributed by atoms with E-state index in [1.807, 2.05) is 11.8 Å². The minimum Gasteiger partial charge on any atom is -0.179 e. The zero-order valence-corrected chi connectivity index (χ0v) is 19.8. The molecule has 22 heavy (non-hydrogen) atoms. The SMILES string of the molecule is CC(C)SCCSCCSC(C)C(C)(C)SCCSCCS. The molecule has 0 saturated carbocycles. The summed E-state index contributed by atoms with van der Waals surface area (Å²) in [5.74, 6) is 9.89. The average molecular weight is 419 g/mol. The molecule has 0 aromatic rings. The van der Waals surface area contributed by atoms with Crippen molar-refractivity contribution < 1.29 is 0 Å². The van der Waals surface area contributed by atoms with Crippen molar-refractivity contribution in [2.45, 2.75) is 49.9 Å². The maximum atomic E-state index is 4.26. The van der Waals surface area contributed by atoms with Crippen LogP contribution in [0, 0.1) is 0 Å². The molecule has 1 atom stereocenters. The molecule has 0 saturated heterocycles. The third kappa shape index (κ3) is 14.4. The Morgan fingerprint density at radius 1 is 0.773 bits per heavy atom. The monoisotopic (exact) mass is 418 g/mol. The second-order valence-corrected chi connectivity index (χ2v) is 13.6. The van der Waals surface area contributed by atoms with Crippen molar-refractivity contribution in [1.29, 1.82) is 0 Å². The van der Waals surface area contributed by atoms with Crippen LogP contribution in [0.4, 0.5) is 0 Å². The van der Waals surface area contributed by atoms with Gasteiger partial charge in [0.15, 0.2) is 0 Å². The molecular formula is C16H34S6. The highest BCUT2D eigenvalue weighted by Crippen LogP contribution is 2.35. The fourth-order valence-electron chi connectivity index (χ4n) is 1.58. The van der Waals surface area contributed by atoms with Gasteiger partial charge in [-0.1, -0.05) is 20.8 Å². The summed E-state index contributed by atoms with van der Waals surface area (Å²) in [6, 6.07) is 0. The quantitative estimate of drug-likeness (QED) is 0.249. The molecule has 134 valence electrons. The van der Waals surface area contributed by atoms with Crippen molar-refractivity contribution in [3.8, 4) is 0 Å². The molecule has 0 heterocycles. The van der Waals surface area contributed by atoms with Crippen LogP contribution in [-0.2, 0) is 0 Å². The number of thiol groups is 1. The van der Waals surface area contributed by atoms with E-state index in [1.54, 1.807) is 0 Å². The average Bonchev–Trinajstić information content (AvgIpc) is 2.45. The molecule has 0 aromatic carbocycles. The highest BCUT2D eigenvalue weighted by Gasteiger charge is 2.26. The van der Waals surface area contributed by atoms with Crippen LogP contribution >= 0.6 is 71.4 Å². The third-order valence-corrected chi connectivity index (χ3v) is 10.8. The fourth-order valence-corrected chi connectivity index (χ4v) is 7.41. The maximum absolute atomic E-state index is 4.26. The van der Waals surface area contributed by atoms with Gasteiger partial charge in [0, 0.05) is 50.3 Å². The molecule has 0 nitrogen and oxygen atoms in total. The topological polar surface area (TPSA) is 0 Å². The highest BCUT2D eigenvalue weighted by molar-refractivity contribution is 8.06. The first-order chi connectivity index (χ1) is 10.4. The molecule has 6 heteroatoms. The number of rotatable bonds is 15. The van der Waals surface area contributed by atoms with Gasteiger partial charge in [-0.15, -0.1) is 0 Å². The summed E-state index contributed by atoms with van der Waals surface area (Å²) in [5, 5.41) is 1.50. The Hall–Kier alpha value is 2.10. The molecule has 0 aliphatic heterocycles. The van der Waals surface area contributed by atoms with Crippen molar-refractivity contribution in [3.63, 3.8) is 0 Å². The van der Waals surface area contributed by atoms with Gasteiger partial charge in [0.05, 0.1) is 0 Å². The molecule has 0 spiro atoms. The molecule has 0 rings (SSSR count). The predicted octanol–water partition coefficient (Wildman–Crippen LogP) is 6.16. The van der Waals surface area contributed by atoms with Crippen LogP contribution in [0.2, 0.25) is 0 Å². The number of thioether (sulfide) groups is 5. The van der Waals surface area contributed by atoms with Crippen molar-refractivity contribution in [2.24, 2.45) is 0 Å². The molecule has 0 N–H and O–H groups in total. The largest absolute Gasteiger partial charge is 0.179 e. The lowest BCUT2D eigenvalue weighted by Gasteiger charge is -2.31. The molecular weight excluding hydrogens is 385 g/mol. The first-order valence-corrected chi connectivity index (χ1v) is 14.1. The van der Waals surface area contributed by atoms with E-state index in [1.165, 1.54) is 40.3 Å². The molecule has 0 amide bonds. The normalized spacial score (nSPS) is 13.8. The minimum atomic E-state index is 0.379. The Morgan fingerprint density at radius 3 is 1.91 bits per heavy atom. The van der Waals surface area contributed by atoms with Gasteiger partial charge in [-0.2, -0.15) is 71.4 Å². The second kappa shape index (κ2) is 15.4. The van der Waals surface area contributed by atoms with E-state index < -0.39 is 0 Å². The summed E-state index contributed by atoms with van der Waals surface area (Å²) in [4.78, 5) is 0. The first kappa shape index (κ1) is 24.1. The van der Waals surface area contributed by atoms with Crippen LogP contribution in [0.5, 0.6) is 0 Å². The molecule has 0 aromatic heterocycles. The molecule has 0 bridgehead atoms. The van der Waals surface area contributed by atoms with E-state index >= 15 is 0 Å². The van der Waals surface area contributed by atoms with Crippen LogP contribution in [-0.4, -0.2) is 61.3 Å². The van der Waals surface area contributed by atoms with E-state index in [-0.39, 0.29) is 0 Å². The van der Waals surface area contributed by atoms with Crippen LogP contribution in [0.1, 0.15) is 34.6 Å². The zero-order chi connectivity index (χ0) is 16.8. The van der Waals surface area contributed by atoms with Gasteiger partial charge in [-0.05, 0) is 24.9 Å². The molecule has 0 aliphatic rings. The zero-order valence-electron chi connectivity index (χ0n) is 14.8. The summed E-state index contributed by atoms with van der Waals surface area (Å²) in [5.41, 5.74) is 0. The van der Waals surface area contributed by atoms with E-state index in [4.69, 9.17) is 0 Å². The Balaban J connectivity index is 3.60. The first-order valence-electron chi connectivity index (χ1n) is 8.03. The summed E-state index contributed by atoms with van der Waals surface area (Å²) in [7, 11) is 0. The van der Waals surface area contributed by atoms with Crippen molar-refractivity contribution in [3.05, 3.63) is 0 Å². The lowest BCUT2D eigenvalue weighted by atomic mass is 10.1. The van der Waals surface area contributed by atoms with Gasteiger partial charge in [0.25, 0.3) is 0 Å².